The lowest BCUT2D eigenvalue weighted by atomic mass is 10.1. The molecule has 0 saturated heterocycles. The quantitative estimate of drug-likeness (QED) is 0.464. The van der Waals surface area contributed by atoms with Gasteiger partial charge in [0, 0.05) is 24.7 Å². The molecule has 0 aliphatic carbocycles. The molecule has 31 heavy (non-hydrogen) atoms. The second-order valence-electron chi connectivity index (χ2n) is 6.93. The van der Waals surface area contributed by atoms with Gasteiger partial charge < -0.3 is 10.6 Å². The summed E-state index contributed by atoms with van der Waals surface area (Å²) in [5.74, 6) is -1.23. The fourth-order valence-corrected chi connectivity index (χ4v) is 3.05. The molecule has 0 fully saturated rings. The standard InChI is InChI=1S/C21H21N5O5/c1-13(22-20(28)15-8-7-11-17(12-15)26(30)31)19(27)23-18-14(2)24(3)25(21(18)29)16-9-5-4-6-10-16/h4-13H,1-3H3,(H,22,28)(H,23,27). The topological polar surface area (TPSA) is 128 Å². The number of hydrogen-bond donors (Lipinski definition) is 2. The molecule has 0 radical (unpaired) electrons. The van der Waals surface area contributed by atoms with Crippen LogP contribution in [-0.4, -0.2) is 32.1 Å². The maximum atomic E-state index is 12.9. The van der Waals surface area contributed by atoms with Crippen molar-refractivity contribution in [3.8, 4) is 5.69 Å². The van der Waals surface area contributed by atoms with Gasteiger partial charge in [0.05, 0.1) is 16.3 Å². The zero-order chi connectivity index (χ0) is 22.7. The van der Waals surface area contributed by atoms with E-state index in [9.17, 15) is 24.5 Å². The van der Waals surface area contributed by atoms with Gasteiger partial charge in [0.25, 0.3) is 17.2 Å². The molecule has 1 heterocycles. The Kier molecular flexibility index (Phi) is 6.00. The molecule has 2 N–H and O–H groups in total. The minimum atomic E-state index is -0.990. The maximum Gasteiger partial charge on any atom is 0.295 e. The van der Waals surface area contributed by atoms with Crippen LogP contribution >= 0.6 is 0 Å². The van der Waals surface area contributed by atoms with Gasteiger partial charge in [0.1, 0.15) is 11.7 Å². The summed E-state index contributed by atoms with van der Waals surface area (Å²) in [5.41, 5.74) is 0.705. The highest BCUT2D eigenvalue weighted by Gasteiger charge is 2.22. The molecule has 3 aromatic rings. The van der Waals surface area contributed by atoms with Crippen molar-refractivity contribution in [3.63, 3.8) is 0 Å². The van der Waals surface area contributed by atoms with Crippen LogP contribution in [0.5, 0.6) is 0 Å². The van der Waals surface area contributed by atoms with Crippen molar-refractivity contribution in [2.45, 2.75) is 19.9 Å². The van der Waals surface area contributed by atoms with Gasteiger partial charge in [-0.05, 0) is 32.0 Å². The van der Waals surface area contributed by atoms with Crippen LogP contribution in [-0.2, 0) is 11.8 Å². The smallest absolute Gasteiger partial charge is 0.295 e. The van der Waals surface area contributed by atoms with Gasteiger partial charge in [-0.2, -0.15) is 0 Å². The molecule has 3 rings (SSSR count). The normalized spacial score (nSPS) is 11.6. The van der Waals surface area contributed by atoms with Gasteiger partial charge in [-0.1, -0.05) is 24.3 Å². The minimum Gasteiger partial charge on any atom is -0.341 e. The van der Waals surface area contributed by atoms with E-state index in [1.807, 2.05) is 6.07 Å². The summed E-state index contributed by atoms with van der Waals surface area (Å²) in [5, 5.41) is 15.9. The van der Waals surface area contributed by atoms with Gasteiger partial charge >= 0.3 is 0 Å². The van der Waals surface area contributed by atoms with E-state index in [2.05, 4.69) is 10.6 Å². The number of hydrogen-bond acceptors (Lipinski definition) is 5. The monoisotopic (exact) mass is 423 g/mol. The summed E-state index contributed by atoms with van der Waals surface area (Å²) in [6.07, 6.45) is 0. The third kappa shape index (κ3) is 4.37. The highest BCUT2D eigenvalue weighted by molar-refractivity contribution is 6.01. The zero-order valence-corrected chi connectivity index (χ0v) is 17.2. The number of nitrogens with zero attached hydrogens (tertiary/aromatic N) is 3. The van der Waals surface area contributed by atoms with Crippen molar-refractivity contribution in [3.05, 3.63) is 86.3 Å². The van der Waals surface area contributed by atoms with Gasteiger partial charge in [-0.15, -0.1) is 0 Å². The number of benzene rings is 2. The van der Waals surface area contributed by atoms with Crippen LogP contribution in [0.4, 0.5) is 11.4 Å². The third-order valence-corrected chi connectivity index (χ3v) is 4.86. The summed E-state index contributed by atoms with van der Waals surface area (Å²) < 4.78 is 3.05. The Morgan fingerprint density at radius 3 is 2.42 bits per heavy atom. The van der Waals surface area contributed by atoms with Crippen LogP contribution in [0.25, 0.3) is 5.69 Å². The van der Waals surface area contributed by atoms with Crippen LogP contribution in [0.1, 0.15) is 23.0 Å². The van der Waals surface area contributed by atoms with Crippen molar-refractivity contribution < 1.29 is 14.5 Å². The number of non-ortho nitro benzene ring substituents is 1. The highest BCUT2D eigenvalue weighted by Crippen LogP contribution is 2.15. The van der Waals surface area contributed by atoms with E-state index < -0.39 is 28.3 Å². The Balaban J connectivity index is 1.77. The lowest BCUT2D eigenvalue weighted by Crippen LogP contribution is -2.42. The molecule has 0 bridgehead atoms. The van der Waals surface area contributed by atoms with Gasteiger partial charge in [0.2, 0.25) is 5.91 Å². The van der Waals surface area contributed by atoms with Crippen LogP contribution < -0.4 is 16.2 Å². The predicted molar refractivity (Wildman–Crippen MR) is 114 cm³/mol. The fourth-order valence-electron chi connectivity index (χ4n) is 3.05. The van der Waals surface area contributed by atoms with Gasteiger partial charge in [0.15, 0.2) is 0 Å². The first-order valence-electron chi connectivity index (χ1n) is 9.41. The molecule has 1 unspecified atom stereocenters. The number of rotatable bonds is 6. The molecule has 0 aliphatic rings. The molecule has 1 aromatic heterocycles. The molecular weight excluding hydrogens is 402 g/mol. The summed E-state index contributed by atoms with van der Waals surface area (Å²) in [7, 11) is 1.70. The number of nitro benzene ring substituents is 1. The summed E-state index contributed by atoms with van der Waals surface area (Å²) in [4.78, 5) is 48.2. The molecule has 2 aromatic carbocycles. The Morgan fingerprint density at radius 2 is 1.77 bits per heavy atom. The van der Waals surface area contributed by atoms with Gasteiger partial charge in [-0.3, -0.25) is 29.2 Å². The van der Waals surface area contributed by atoms with Crippen LogP contribution in [0.3, 0.4) is 0 Å². The van der Waals surface area contributed by atoms with E-state index in [0.717, 1.165) is 6.07 Å². The van der Waals surface area contributed by atoms with E-state index in [-0.39, 0.29) is 16.9 Å². The van der Waals surface area contributed by atoms with E-state index in [4.69, 9.17) is 0 Å². The first-order valence-corrected chi connectivity index (χ1v) is 9.41. The number of carbonyl (C=O) groups is 2. The van der Waals surface area contributed by atoms with E-state index in [1.165, 1.54) is 29.8 Å². The van der Waals surface area contributed by atoms with E-state index in [0.29, 0.717) is 11.4 Å². The average Bonchev–Trinajstić information content (AvgIpc) is 2.97. The Labute approximate surface area is 177 Å². The van der Waals surface area contributed by atoms with Crippen molar-refractivity contribution in [2.75, 3.05) is 5.32 Å². The maximum absolute atomic E-state index is 12.9. The molecule has 2 amide bonds. The first kappa shape index (κ1) is 21.5. The van der Waals surface area contributed by atoms with Crippen LogP contribution in [0.15, 0.2) is 59.4 Å². The van der Waals surface area contributed by atoms with Crippen LogP contribution in [0.2, 0.25) is 0 Å². The van der Waals surface area contributed by atoms with Crippen molar-refractivity contribution in [1.29, 1.82) is 0 Å². The number of amides is 2. The lowest BCUT2D eigenvalue weighted by Gasteiger charge is -2.13. The number of carbonyl (C=O) groups excluding carboxylic acids is 2. The zero-order valence-electron chi connectivity index (χ0n) is 17.2. The molecule has 0 aliphatic heterocycles. The lowest BCUT2D eigenvalue weighted by molar-refractivity contribution is -0.384. The van der Waals surface area contributed by atoms with E-state index >= 15 is 0 Å². The molecule has 160 valence electrons. The molecule has 10 nitrogen and oxygen atoms in total. The largest absolute Gasteiger partial charge is 0.341 e. The molecular formula is C21H21N5O5. The SMILES string of the molecule is Cc1c(NC(=O)C(C)NC(=O)c2cccc([N+](=O)[O-])c2)c(=O)n(-c2ccccc2)n1C. The van der Waals surface area contributed by atoms with Crippen LogP contribution in [0, 0.1) is 17.0 Å². The van der Waals surface area contributed by atoms with E-state index in [1.54, 1.807) is 42.9 Å². The summed E-state index contributed by atoms with van der Waals surface area (Å²) in [6.45, 7) is 3.15. The Bertz CT molecular complexity index is 1210. The van der Waals surface area contributed by atoms with Crippen molar-refractivity contribution >= 4 is 23.2 Å². The molecule has 10 heteroatoms. The third-order valence-electron chi connectivity index (χ3n) is 4.86. The first-order chi connectivity index (χ1) is 14.7. The summed E-state index contributed by atoms with van der Waals surface area (Å²) in [6, 6.07) is 13.2. The molecule has 1 atom stereocenters. The molecule has 0 saturated carbocycles. The average molecular weight is 423 g/mol. The second kappa shape index (κ2) is 8.66. The summed E-state index contributed by atoms with van der Waals surface area (Å²) >= 11 is 0. The fraction of sp³-hybridized carbons (Fsp3) is 0.190. The number of para-hydroxylation sites is 1. The van der Waals surface area contributed by atoms with Crippen molar-refractivity contribution in [1.82, 2.24) is 14.7 Å². The highest BCUT2D eigenvalue weighted by atomic mass is 16.6. The Morgan fingerprint density at radius 1 is 1.10 bits per heavy atom. The number of anilines is 1. The number of aromatic nitrogens is 2. The minimum absolute atomic E-state index is 0.0520. The second-order valence-corrected chi connectivity index (χ2v) is 6.93. The predicted octanol–water partition coefficient (Wildman–Crippen LogP) is 2.15. The number of nitro groups is 1. The Hall–Kier alpha value is -4.21. The molecule has 0 spiro atoms. The number of nitrogens with one attached hydrogen (secondary N) is 2. The van der Waals surface area contributed by atoms with Gasteiger partial charge in [-0.25, -0.2) is 4.68 Å². The van der Waals surface area contributed by atoms with Crippen molar-refractivity contribution in [2.24, 2.45) is 7.05 Å².